The van der Waals surface area contributed by atoms with E-state index in [4.69, 9.17) is 4.74 Å². The van der Waals surface area contributed by atoms with Crippen LogP contribution in [0, 0.1) is 5.92 Å². The SMILES string of the molecule is COc1cccc(C2CC(C(=O)NC3CCC(C)CC3)NN2)c1. The molecule has 1 aliphatic heterocycles. The van der Waals surface area contributed by atoms with E-state index in [0.29, 0.717) is 6.04 Å². The third-order valence-electron chi connectivity index (χ3n) is 5.08. The van der Waals surface area contributed by atoms with Crippen molar-refractivity contribution in [1.29, 1.82) is 0 Å². The summed E-state index contributed by atoms with van der Waals surface area (Å²) in [6.45, 7) is 2.29. The van der Waals surface area contributed by atoms with E-state index in [-0.39, 0.29) is 18.0 Å². The van der Waals surface area contributed by atoms with E-state index in [1.54, 1.807) is 7.11 Å². The zero-order chi connectivity index (χ0) is 16.2. The normalized spacial score (nSPS) is 30.9. The maximum atomic E-state index is 12.5. The number of nitrogens with one attached hydrogen (secondary N) is 3. The summed E-state index contributed by atoms with van der Waals surface area (Å²) in [6.07, 6.45) is 5.39. The Labute approximate surface area is 138 Å². The minimum absolute atomic E-state index is 0.113. The average Bonchev–Trinajstić information content (AvgIpc) is 3.07. The van der Waals surface area contributed by atoms with Crippen LogP contribution >= 0.6 is 0 Å². The first-order valence-electron chi connectivity index (χ1n) is 8.61. The molecule has 1 aromatic rings. The van der Waals surface area contributed by atoms with Gasteiger partial charge >= 0.3 is 0 Å². The molecule has 5 nitrogen and oxygen atoms in total. The van der Waals surface area contributed by atoms with Crippen LogP contribution in [0.2, 0.25) is 0 Å². The first-order valence-corrected chi connectivity index (χ1v) is 8.61. The molecule has 1 saturated carbocycles. The van der Waals surface area contributed by atoms with Crippen LogP contribution in [0.5, 0.6) is 5.75 Å². The molecule has 2 atom stereocenters. The van der Waals surface area contributed by atoms with E-state index in [1.807, 2.05) is 18.2 Å². The van der Waals surface area contributed by atoms with Crippen molar-refractivity contribution < 1.29 is 9.53 Å². The van der Waals surface area contributed by atoms with Gasteiger partial charge in [-0.05, 0) is 55.7 Å². The lowest BCUT2D eigenvalue weighted by atomic mass is 9.87. The predicted molar refractivity (Wildman–Crippen MR) is 90.0 cm³/mol. The van der Waals surface area contributed by atoms with E-state index in [0.717, 1.165) is 36.5 Å². The summed E-state index contributed by atoms with van der Waals surface area (Å²) in [5.74, 6) is 1.75. The molecule has 23 heavy (non-hydrogen) atoms. The summed E-state index contributed by atoms with van der Waals surface area (Å²) in [6, 6.07) is 8.29. The Bertz CT molecular complexity index is 541. The Kier molecular flexibility index (Phi) is 5.18. The lowest BCUT2D eigenvalue weighted by Crippen LogP contribution is -2.47. The van der Waals surface area contributed by atoms with E-state index in [2.05, 4.69) is 29.2 Å². The van der Waals surface area contributed by atoms with Gasteiger partial charge < -0.3 is 10.1 Å². The minimum atomic E-state index is -0.175. The van der Waals surface area contributed by atoms with Gasteiger partial charge in [0.2, 0.25) is 5.91 Å². The molecular formula is C18H27N3O2. The van der Waals surface area contributed by atoms with Crippen LogP contribution < -0.4 is 20.9 Å². The fraction of sp³-hybridized carbons (Fsp3) is 0.611. The molecule has 1 heterocycles. The predicted octanol–water partition coefficient (Wildman–Crippen LogP) is 2.30. The van der Waals surface area contributed by atoms with Crippen molar-refractivity contribution >= 4 is 5.91 Å². The quantitative estimate of drug-likeness (QED) is 0.797. The van der Waals surface area contributed by atoms with E-state index < -0.39 is 0 Å². The summed E-state index contributed by atoms with van der Waals surface area (Å²) in [5, 5.41) is 3.21. The van der Waals surface area contributed by atoms with Crippen LogP contribution in [0.15, 0.2) is 24.3 Å². The average molecular weight is 317 g/mol. The summed E-state index contributed by atoms with van der Waals surface area (Å²) < 4.78 is 5.27. The molecule has 126 valence electrons. The maximum absolute atomic E-state index is 12.5. The van der Waals surface area contributed by atoms with Crippen LogP contribution in [-0.2, 0) is 4.79 Å². The molecular weight excluding hydrogens is 290 g/mol. The van der Waals surface area contributed by atoms with Crippen LogP contribution in [0.4, 0.5) is 0 Å². The molecule has 5 heteroatoms. The highest BCUT2D eigenvalue weighted by molar-refractivity contribution is 5.82. The maximum Gasteiger partial charge on any atom is 0.238 e. The van der Waals surface area contributed by atoms with Crippen molar-refractivity contribution in [2.75, 3.05) is 7.11 Å². The fourth-order valence-corrected chi connectivity index (χ4v) is 3.51. The number of hydrazine groups is 1. The van der Waals surface area contributed by atoms with E-state index in [9.17, 15) is 4.79 Å². The van der Waals surface area contributed by atoms with Crippen LogP contribution in [-0.4, -0.2) is 25.1 Å². The zero-order valence-electron chi connectivity index (χ0n) is 14.0. The second-order valence-corrected chi connectivity index (χ2v) is 6.87. The van der Waals surface area contributed by atoms with Gasteiger partial charge in [0.25, 0.3) is 0 Å². The molecule has 1 aliphatic carbocycles. The van der Waals surface area contributed by atoms with Gasteiger partial charge in [0.15, 0.2) is 0 Å². The molecule has 2 aliphatic rings. The number of amides is 1. The highest BCUT2D eigenvalue weighted by Crippen LogP contribution is 2.26. The molecule has 0 radical (unpaired) electrons. The van der Waals surface area contributed by atoms with Crippen LogP contribution in [0.25, 0.3) is 0 Å². The lowest BCUT2D eigenvalue weighted by Gasteiger charge is -2.27. The summed E-state index contributed by atoms with van der Waals surface area (Å²) in [5.41, 5.74) is 7.51. The summed E-state index contributed by atoms with van der Waals surface area (Å²) in [4.78, 5) is 12.5. The van der Waals surface area contributed by atoms with Gasteiger partial charge in [-0.15, -0.1) is 0 Å². The van der Waals surface area contributed by atoms with Crippen LogP contribution in [0.1, 0.15) is 50.6 Å². The minimum Gasteiger partial charge on any atom is -0.497 e. The van der Waals surface area contributed by atoms with E-state index >= 15 is 0 Å². The lowest BCUT2D eigenvalue weighted by molar-refractivity contribution is -0.123. The van der Waals surface area contributed by atoms with Gasteiger partial charge in [0.1, 0.15) is 11.8 Å². The molecule has 0 bridgehead atoms. The van der Waals surface area contributed by atoms with Gasteiger partial charge in [0.05, 0.1) is 7.11 Å². The number of benzene rings is 1. The van der Waals surface area contributed by atoms with Gasteiger partial charge in [-0.1, -0.05) is 19.1 Å². The summed E-state index contributed by atoms with van der Waals surface area (Å²) in [7, 11) is 1.67. The van der Waals surface area contributed by atoms with Crippen molar-refractivity contribution in [1.82, 2.24) is 16.2 Å². The van der Waals surface area contributed by atoms with Crippen molar-refractivity contribution in [3.63, 3.8) is 0 Å². The monoisotopic (exact) mass is 317 g/mol. The molecule has 2 unspecified atom stereocenters. The number of carbonyl (C=O) groups is 1. The Morgan fingerprint density at radius 2 is 2.00 bits per heavy atom. The second-order valence-electron chi connectivity index (χ2n) is 6.87. The molecule has 3 N–H and O–H groups in total. The van der Waals surface area contributed by atoms with Gasteiger partial charge in [-0.25, -0.2) is 10.9 Å². The Morgan fingerprint density at radius 1 is 1.22 bits per heavy atom. The third kappa shape index (κ3) is 4.03. The molecule has 2 fully saturated rings. The molecule has 1 aromatic carbocycles. The molecule has 1 amide bonds. The van der Waals surface area contributed by atoms with E-state index in [1.165, 1.54) is 12.8 Å². The largest absolute Gasteiger partial charge is 0.497 e. The molecule has 1 saturated heterocycles. The third-order valence-corrected chi connectivity index (χ3v) is 5.08. The molecule has 0 aromatic heterocycles. The van der Waals surface area contributed by atoms with Crippen molar-refractivity contribution in [2.24, 2.45) is 5.92 Å². The fourth-order valence-electron chi connectivity index (χ4n) is 3.51. The zero-order valence-corrected chi connectivity index (χ0v) is 14.0. The smallest absolute Gasteiger partial charge is 0.238 e. The Hall–Kier alpha value is -1.59. The Balaban J connectivity index is 1.53. The van der Waals surface area contributed by atoms with Crippen molar-refractivity contribution in [3.8, 4) is 5.75 Å². The number of rotatable bonds is 4. The number of hydrogen-bond acceptors (Lipinski definition) is 4. The molecule has 0 spiro atoms. The van der Waals surface area contributed by atoms with Crippen molar-refractivity contribution in [3.05, 3.63) is 29.8 Å². The van der Waals surface area contributed by atoms with Gasteiger partial charge in [-0.2, -0.15) is 0 Å². The first kappa shape index (κ1) is 16.3. The van der Waals surface area contributed by atoms with Gasteiger partial charge in [-0.3, -0.25) is 4.79 Å². The highest BCUT2D eigenvalue weighted by atomic mass is 16.5. The number of ether oxygens (including phenoxy) is 1. The van der Waals surface area contributed by atoms with Crippen LogP contribution in [0.3, 0.4) is 0 Å². The van der Waals surface area contributed by atoms with Crippen molar-refractivity contribution in [2.45, 2.75) is 57.2 Å². The standard InChI is InChI=1S/C18H27N3O2/c1-12-6-8-14(9-7-12)19-18(22)17-11-16(20-21-17)13-4-3-5-15(10-13)23-2/h3-5,10,12,14,16-17,20-21H,6-9,11H2,1-2H3,(H,19,22). The highest BCUT2D eigenvalue weighted by Gasteiger charge is 2.31. The first-order chi connectivity index (χ1) is 11.2. The Morgan fingerprint density at radius 3 is 2.74 bits per heavy atom. The topological polar surface area (TPSA) is 62.4 Å². The van der Waals surface area contributed by atoms with Gasteiger partial charge in [0, 0.05) is 12.1 Å². The summed E-state index contributed by atoms with van der Waals surface area (Å²) >= 11 is 0. The molecule has 3 rings (SSSR count). The number of hydrogen-bond donors (Lipinski definition) is 3. The number of carbonyl (C=O) groups excluding carboxylic acids is 1. The number of methoxy groups -OCH3 is 1. The second kappa shape index (κ2) is 7.32.